The van der Waals surface area contributed by atoms with E-state index < -0.39 is 5.54 Å². The smallest absolute Gasteiger partial charge is 0.235 e. The zero-order chi connectivity index (χ0) is 10.9. The zero-order valence-electron chi connectivity index (χ0n) is 8.74. The van der Waals surface area contributed by atoms with Crippen molar-refractivity contribution in [3.05, 3.63) is 36.0 Å². The van der Waals surface area contributed by atoms with Crippen LogP contribution in [0.5, 0.6) is 0 Å². The fourth-order valence-corrected chi connectivity index (χ4v) is 1.75. The Bertz CT molecular complexity index is 533. The number of H-pyrrole nitrogens is 1. The van der Waals surface area contributed by atoms with E-state index in [1.165, 1.54) is 0 Å². The Morgan fingerprint density at radius 3 is 2.80 bits per heavy atom. The molecule has 0 aliphatic carbocycles. The van der Waals surface area contributed by atoms with Crippen LogP contribution in [-0.4, -0.2) is 11.1 Å². The van der Waals surface area contributed by atoms with Crippen molar-refractivity contribution in [1.29, 1.82) is 0 Å². The van der Waals surface area contributed by atoms with Gasteiger partial charge in [-0.15, -0.1) is 0 Å². The van der Waals surface area contributed by atoms with Crippen molar-refractivity contribution < 1.29 is 4.79 Å². The number of nitrogens with one attached hydrogen (secondary N) is 1. The molecular weight excluding hydrogens is 188 g/mol. The maximum absolute atomic E-state index is 10.3. The lowest BCUT2D eigenvalue weighted by Gasteiger charge is -2.16. The molecule has 0 spiro atoms. The highest BCUT2D eigenvalue weighted by Gasteiger charge is 2.22. The van der Waals surface area contributed by atoms with E-state index in [0.717, 1.165) is 16.5 Å². The van der Waals surface area contributed by atoms with E-state index in [9.17, 15) is 4.79 Å². The first kappa shape index (κ1) is 9.69. The van der Waals surface area contributed by atoms with Crippen molar-refractivity contribution in [3.8, 4) is 0 Å². The third-order valence-electron chi connectivity index (χ3n) is 2.57. The molecule has 2 rings (SSSR count). The summed E-state index contributed by atoms with van der Waals surface area (Å²) < 4.78 is 0. The molecule has 0 saturated carbocycles. The van der Waals surface area contributed by atoms with Crippen LogP contribution in [0.1, 0.15) is 19.4 Å². The van der Waals surface area contributed by atoms with Crippen LogP contribution in [-0.2, 0) is 10.3 Å². The molecule has 0 saturated heterocycles. The van der Waals surface area contributed by atoms with Crippen LogP contribution in [0, 0.1) is 0 Å². The average molecular weight is 200 g/mol. The van der Waals surface area contributed by atoms with Gasteiger partial charge >= 0.3 is 0 Å². The lowest BCUT2D eigenvalue weighted by molar-refractivity contribution is 0.525. The fraction of sp³-hybridized carbons (Fsp3) is 0.250. The number of hydrogen-bond acceptors (Lipinski definition) is 2. The number of aromatic nitrogens is 1. The molecule has 1 aromatic heterocycles. The molecule has 1 heterocycles. The largest absolute Gasteiger partial charge is 0.361 e. The number of rotatable bonds is 2. The molecule has 2 aromatic rings. The summed E-state index contributed by atoms with van der Waals surface area (Å²) in [5.41, 5.74) is 1.55. The molecule has 0 amide bonds. The number of hydrogen-bond donors (Lipinski definition) is 1. The highest BCUT2D eigenvalue weighted by Crippen LogP contribution is 2.30. The number of isocyanates is 1. The van der Waals surface area contributed by atoms with Crippen molar-refractivity contribution in [1.82, 2.24) is 4.98 Å². The van der Waals surface area contributed by atoms with Crippen LogP contribution in [0.15, 0.2) is 35.5 Å². The standard InChI is InChI=1S/C12H12N2O/c1-12(2,14-8-15)10-7-13-11-6-4-3-5-9(10)11/h3-7,13H,1-2H3. The molecule has 0 aliphatic heterocycles. The zero-order valence-corrected chi connectivity index (χ0v) is 8.74. The van der Waals surface area contributed by atoms with Crippen molar-refractivity contribution in [2.45, 2.75) is 19.4 Å². The Kier molecular flexibility index (Phi) is 2.18. The lowest BCUT2D eigenvalue weighted by atomic mass is 9.95. The summed E-state index contributed by atoms with van der Waals surface area (Å²) in [6, 6.07) is 7.96. The Balaban J connectivity index is 2.67. The second kappa shape index (κ2) is 3.37. The molecule has 0 unspecified atom stereocenters. The van der Waals surface area contributed by atoms with Gasteiger partial charge in [0.1, 0.15) is 0 Å². The molecule has 0 bridgehead atoms. The number of para-hydroxylation sites is 1. The van der Waals surface area contributed by atoms with Gasteiger partial charge in [0.05, 0.1) is 5.54 Å². The van der Waals surface area contributed by atoms with Gasteiger partial charge in [0.15, 0.2) is 0 Å². The van der Waals surface area contributed by atoms with E-state index in [4.69, 9.17) is 0 Å². The third kappa shape index (κ3) is 1.58. The Hall–Kier alpha value is -1.86. The van der Waals surface area contributed by atoms with Gasteiger partial charge in [-0.05, 0) is 19.9 Å². The molecule has 1 aromatic carbocycles. The molecule has 3 heteroatoms. The second-order valence-corrected chi connectivity index (χ2v) is 4.01. The molecular formula is C12H12N2O. The summed E-state index contributed by atoms with van der Waals surface area (Å²) in [7, 11) is 0. The molecule has 76 valence electrons. The average Bonchev–Trinajstić information content (AvgIpc) is 2.61. The summed E-state index contributed by atoms with van der Waals surface area (Å²) in [6.07, 6.45) is 3.52. The predicted molar refractivity (Wildman–Crippen MR) is 59.4 cm³/mol. The topological polar surface area (TPSA) is 45.2 Å². The Morgan fingerprint density at radius 2 is 2.07 bits per heavy atom. The van der Waals surface area contributed by atoms with Crippen molar-refractivity contribution >= 4 is 17.0 Å². The number of carbonyl (C=O) groups excluding carboxylic acids is 1. The summed E-state index contributed by atoms with van der Waals surface area (Å²) in [6.45, 7) is 3.79. The van der Waals surface area contributed by atoms with E-state index in [0.29, 0.717) is 0 Å². The van der Waals surface area contributed by atoms with Gasteiger partial charge in [0.2, 0.25) is 6.08 Å². The number of nitrogens with zero attached hydrogens (tertiary/aromatic N) is 1. The van der Waals surface area contributed by atoms with E-state index >= 15 is 0 Å². The van der Waals surface area contributed by atoms with Crippen LogP contribution in [0.4, 0.5) is 0 Å². The fourth-order valence-electron chi connectivity index (χ4n) is 1.75. The summed E-state index contributed by atoms with van der Waals surface area (Å²) in [4.78, 5) is 17.3. The minimum atomic E-state index is -0.526. The summed E-state index contributed by atoms with van der Waals surface area (Å²) >= 11 is 0. The Labute approximate surface area is 87.8 Å². The summed E-state index contributed by atoms with van der Waals surface area (Å²) in [5, 5.41) is 1.10. The quantitative estimate of drug-likeness (QED) is 0.588. The molecule has 0 aliphatic rings. The summed E-state index contributed by atoms with van der Waals surface area (Å²) in [5.74, 6) is 0. The first-order valence-electron chi connectivity index (χ1n) is 4.81. The Morgan fingerprint density at radius 1 is 1.33 bits per heavy atom. The number of fused-ring (bicyclic) bond motifs is 1. The van der Waals surface area contributed by atoms with E-state index in [1.807, 2.05) is 44.3 Å². The molecule has 15 heavy (non-hydrogen) atoms. The van der Waals surface area contributed by atoms with Crippen molar-refractivity contribution in [2.24, 2.45) is 4.99 Å². The van der Waals surface area contributed by atoms with Crippen molar-refractivity contribution in [2.75, 3.05) is 0 Å². The SMILES string of the molecule is CC(C)(N=C=O)c1c[nH]c2ccccc12. The molecule has 0 fully saturated rings. The molecule has 0 atom stereocenters. The van der Waals surface area contributed by atoms with E-state index in [2.05, 4.69) is 9.98 Å². The number of benzene rings is 1. The van der Waals surface area contributed by atoms with Gasteiger partial charge in [-0.1, -0.05) is 18.2 Å². The van der Waals surface area contributed by atoms with Crippen LogP contribution in [0.25, 0.3) is 10.9 Å². The van der Waals surface area contributed by atoms with Crippen LogP contribution >= 0.6 is 0 Å². The predicted octanol–water partition coefficient (Wildman–Crippen LogP) is 2.74. The maximum Gasteiger partial charge on any atom is 0.235 e. The van der Waals surface area contributed by atoms with Crippen LogP contribution in [0.3, 0.4) is 0 Å². The molecule has 0 radical (unpaired) electrons. The van der Waals surface area contributed by atoms with Gasteiger partial charge in [0, 0.05) is 22.7 Å². The highest BCUT2D eigenvalue weighted by molar-refractivity contribution is 5.84. The van der Waals surface area contributed by atoms with Gasteiger partial charge in [-0.25, -0.2) is 4.79 Å². The van der Waals surface area contributed by atoms with E-state index in [1.54, 1.807) is 6.08 Å². The number of aromatic amines is 1. The van der Waals surface area contributed by atoms with Gasteiger partial charge in [-0.2, -0.15) is 4.99 Å². The molecule has 3 nitrogen and oxygen atoms in total. The monoisotopic (exact) mass is 200 g/mol. The van der Waals surface area contributed by atoms with Crippen LogP contribution < -0.4 is 0 Å². The van der Waals surface area contributed by atoms with Gasteiger partial charge < -0.3 is 4.98 Å². The first-order valence-corrected chi connectivity index (χ1v) is 4.81. The highest BCUT2D eigenvalue weighted by atomic mass is 16.1. The normalized spacial score (nSPS) is 11.3. The second-order valence-electron chi connectivity index (χ2n) is 4.01. The van der Waals surface area contributed by atoms with Crippen LogP contribution in [0.2, 0.25) is 0 Å². The number of aliphatic imine (C=N–C) groups is 1. The van der Waals surface area contributed by atoms with Gasteiger partial charge in [0.25, 0.3) is 0 Å². The third-order valence-corrected chi connectivity index (χ3v) is 2.57. The van der Waals surface area contributed by atoms with E-state index in [-0.39, 0.29) is 0 Å². The van der Waals surface area contributed by atoms with Crippen molar-refractivity contribution in [3.63, 3.8) is 0 Å². The first-order chi connectivity index (χ1) is 7.15. The maximum atomic E-state index is 10.3. The minimum absolute atomic E-state index is 0.526. The molecule has 1 N–H and O–H groups in total. The minimum Gasteiger partial charge on any atom is -0.361 e. The lowest BCUT2D eigenvalue weighted by Crippen LogP contribution is -2.12. The van der Waals surface area contributed by atoms with Gasteiger partial charge in [-0.3, -0.25) is 0 Å².